The number of methoxy groups -OCH3 is 4. The second-order valence-electron chi connectivity index (χ2n) is 6.46. The SMILES string of the molecule is COc1ccc(SNc2cccc(/C=C\c3cc(OC)c(OC)c(OC)c3)c2)cc1O. The fraction of sp³-hybridized carbons (Fsp3) is 0.167. The van der Waals surface area contributed by atoms with Gasteiger partial charge in [-0.05, 0) is 65.5 Å². The Morgan fingerprint density at radius 2 is 1.42 bits per heavy atom. The van der Waals surface area contributed by atoms with Crippen LogP contribution in [0.2, 0.25) is 0 Å². The number of hydrogen-bond acceptors (Lipinski definition) is 7. The van der Waals surface area contributed by atoms with Crippen LogP contribution in [0.4, 0.5) is 5.69 Å². The van der Waals surface area contributed by atoms with Gasteiger partial charge in [0, 0.05) is 10.6 Å². The van der Waals surface area contributed by atoms with E-state index in [0.29, 0.717) is 23.0 Å². The minimum absolute atomic E-state index is 0.108. The summed E-state index contributed by atoms with van der Waals surface area (Å²) >= 11 is 1.41. The van der Waals surface area contributed by atoms with E-state index in [4.69, 9.17) is 18.9 Å². The lowest BCUT2D eigenvalue weighted by Gasteiger charge is -2.12. The van der Waals surface area contributed by atoms with Crippen LogP contribution >= 0.6 is 11.9 Å². The van der Waals surface area contributed by atoms with Gasteiger partial charge >= 0.3 is 0 Å². The molecular weight excluding hydrogens is 414 g/mol. The van der Waals surface area contributed by atoms with Crippen molar-refractivity contribution in [1.82, 2.24) is 0 Å². The molecule has 0 unspecified atom stereocenters. The van der Waals surface area contributed by atoms with Crippen LogP contribution < -0.4 is 23.7 Å². The molecule has 0 aliphatic carbocycles. The fourth-order valence-corrected chi connectivity index (χ4v) is 3.62. The monoisotopic (exact) mass is 439 g/mol. The van der Waals surface area contributed by atoms with Crippen molar-refractivity contribution in [3.8, 4) is 28.7 Å². The zero-order chi connectivity index (χ0) is 22.2. The minimum Gasteiger partial charge on any atom is -0.504 e. The molecule has 0 aromatic heterocycles. The Kier molecular flexibility index (Phi) is 7.56. The fourth-order valence-electron chi connectivity index (χ4n) is 2.95. The zero-order valence-electron chi connectivity index (χ0n) is 17.8. The van der Waals surface area contributed by atoms with Crippen LogP contribution in [0.15, 0.2) is 59.5 Å². The molecule has 3 aromatic rings. The number of benzene rings is 3. The maximum absolute atomic E-state index is 9.92. The van der Waals surface area contributed by atoms with E-state index in [0.717, 1.165) is 21.7 Å². The molecule has 0 amide bonds. The molecule has 0 spiro atoms. The minimum atomic E-state index is 0.108. The van der Waals surface area contributed by atoms with Gasteiger partial charge in [0.2, 0.25) is 5.75 Å². The maximum atomic E-state index is 9.92. The molecule has 162 valence electrons. The summed E-state index contributed by atoms with van der Waals surface area (Å²) in [5, 5.41) is 9.92. The van der Waals surface area contributed by atoms with Crippen molar-refractivity contribution in [2.75, 3.05) is 33.2 Å². The van der Waals surface area contributed by atoms with Gasteiger partial charge in [-0.3, -0.25) is 0 Å². The molecule has 6 nitrogen and oxygen atoms in total. The van der Waals surface area contributed by atoms with Crippen molar-refractivity contribution in [2.24, 2.45) is 0 Å². The molecule has 31 heavy (non-hydrogen) atoms. The molecule has 0 saturated heterocycles. The average molecular weight is 440 g/mol. The highest BCUT2D eigenvalue weighted by Crippen LogP contribution is 2.38. The number of nitrogens with one attached hydrogen (secondary N) is 1. The molecule has 0 aliphatic heterocycles. The molecule has 0 bridgehead atoms. The van der Waals surface area contributed by atoms with Crippen LogP contribution in [0.5, 0.6) is 28.7 Å². The van der Waals surface area contributed by atoms with Crippen molar-refractivity contribution in [3.63, 3.8) is 0 Å². The Bertz CT molecular complexity index is 1040. The molecule has 2 N–H and O–H groups in total. The second kappa shape index (κ2) is 10.5. The molecular formula is C24H25NO5S. The molecule has 0 aliphatic rings. The molecule has 0 heterocycles. The predicted molar refractivity (Wildman–Crippen MR) is 126 cm³/mol. The van der Waals surface area contributed by atoms with Crippen LogP contribution in [-0.2, 0) is 0 Å². The van der Waals surface area contributed by atoms with E-state index in [2.05, 4.69) is 4.72 Å². The third kappa shape index (κ3) is 5.58. The lowest BCUT2D eigenvalue weighted by atomic mass is 10.1. The van der Waals surface area contributed by atoms with Crippen molar-refractivity contribution in [3.05, 3.63) is 65.7 Å². The normalized spacial score (nSPS) is 10.7. The first-order valence-electron chi connectivity index (χ1n) is 9.46. The number of phenolic OH excluding ortho intramolecular Hbond substituents is 1. The maximum Gasteiger partial charge on any atom is 0.203 e. The molecule has 3 aromatic carbocycles. The number of rotatable bonds is 9. The highest BCUT2D eigenvalue weighted by molar-refractivity contribution is 8.00. The van der Waals surface area contributed by atoms with Crippen LogP contribution in [-0.4, -0.2) is 33.5 Å². The van der Waals surface area contributed by atoms with Crippen molar-refractivity contribution in [2.45, 2.75) is 4.90 Å². The highest BCUT2D eigenvalue weighted by Gasteiger charge is 2.12. The molecule has 0 fully saturated rings. The summed E-state index contributed by atoms with van der Waals surface area (Å²) < 4.78 is 24.6. The van der Waals surface area contributed by atoms with E-state index < -0.39 is 0 Å². The number of anilines is 1. The van der Waals surface area contributed by atoms with Crippen LogP contribution in [0, 0.1) is 0 Å². The van der Waals surface area contributed by atoms with E-state index in [1.165, 1.54) is 19.1 Å². The summed E-state index contributed by atoms with van der Waals surface area (Å²) in [6.45, 7) is 0. The summed E-state index contributed by atoms with van der Waals surface area (Å²) in [5.41, 5.74) is 2.89. The Labute approximate surface area is 186 Å². The van der Waals surface area contributed by atoms with Crippen LogP contribution in [0.1, 0.15) is 11.1 Å². The Hall–Kier alpha value is -3.45. The van der Waals surface area contributed by atoms with Gasteiger partial charge in [-0.15, -0.1) is 0 Å². The van der Waals surface area contributed by atoms with Gasteiger partial charge < -0.3 is 28.8 Å². The largest absolute Gasteiger partial charge is 0.504 e. The smallest absolute Gasteiger partial charge is 0.203 e. The summed E-state index contributed by atoms with van der Waals surface area (Å²) in [7, 11) is 6.30. The van der Waals surface area contributed by atoms with Gasteiger partial charge in [-0.2, -0.15) is 0 Å². The van der Waals surface area contributed by atoms with E-state index in [1.807, 2.05) is 54.6 Å². The number of phenols is 1. The third-order valence-corrected chi connectivity index (χ3v) is 5.31. The summed E-state index contributed by atoms with van der Waals surface area (Å²) in [4.78, 5) is 0.872. The van der Waals surface area contributed by atoms with Gasteiger partial charge in [0.25, 0.3) is 0 Å². The molecule has 0 saturated carbocycles. The lowest BCUT2D eigenvalue weighted by molar-refractivity contribution is 0.324. The summed E-state index contributed by atoms with van der Waals surface area (Å²) in [6, 6.07) is 17.1. The lowest BCUT2D eigenvalue weighted by Crippen LogP contribution is -1.95. The molecule has 7 heteroatoms. The van der Waals surface area contributed by atoms with Crippen molar-refractivity contribution >= 4 is 29.8 Å². The van der Waals surface area contributed by atoms with Gasteiger partial charge in [0.05, 0.1) is 28.4 Å². The van der Waals surface area contributed by atoms with E-state index >= 15 is 0 Å². The first kappa shape index (κ1) is 22.2. The number of aromatic hydroxyl groups is 1. The van der Waals surface area contributed by atoms with Gasteiger partial charge in [0.15, 0.2) is 23.0 Å². The average Bonchev–Trinajstić information content (AvgIpc) is 2.81. The number of hydrogen-bond donors (Lipinski definition) is 2. The van der Waals surface area contributed by atoms with Gasteiger partial charge in [-0.25, -0.2) is 0 Å². The van der Waals surface area contributed by atoms with Gasteiger partial charge in [0.1, 0.15) is 0 Å². The quantitative estimate of drug-likeness (QED) is 0.327. The van der Waals surface area contributed by atoms with Crippen molar-refractivity contribution in [1.29, 1.82) is 0 Å². The summed E-state index contributed by atoms with van der Waals surface area (Å²) in [5.74, 6) is 2.33. The van der Waals surface area contributed by atoms with Crippen LogP contribution in [0.3, 0.4) is 0 Å². The number of ether oxygens (including phenoxy) is 4. The van der Waals surface area contributed by atoms with Crippen molar-refractivity contribution < 1.29 is 24.1 Å². The Morgan fingerprint density at radius 3 is 2.03 bits per heavy atom. The van der Waals surface area contributed by atoms with E-state index in [-0.39, 0.29) is 5.75 Å². The molecule has 0 atom stereocenters. The Morgan fingerprint density at radius 1 is 0.742 bits per heavy atom. The Balaban J connectivity index is 1.73. The molecule has 3 rings (SSSR count). The zero-order valence-corrected chi connectivity index (χ0v) is 18.7. The van der Waals surface area contributed by atoms with Gasteiger partial charge in [-0.1, -0.05) is 24.3 Å². The first-order chi connectivity index (χ1) is 15.1. The van der Waals surface area contributed by atoms with E-state index in [9.17, 15) is 5.11 Å². The highest BCUT2D eigenvalue weighted by atomic mass is 32.2. The summed E-state index contributed by atoms with van der Waals surface area (Å²) in [6.07, 6.45) is 3.99. The first-order valence-corrected chi connectivity index (χ1v) is 10.3. The molecule has 0 radical (unpaired) electrons. The van der Waals surface area contributed by atoms with Crippen LogP contribution in [0.25, 0.3) is 12.2 Å². The predicted octanol–water partition coefficient (Wildman–Crippen LogP) is 5.72. The second-order valence-corrected chi connectivity index (χ2v) is 7.33. The third-order valence-electron chi connectivity index (χ3n) is 4.48. The van der Waals surface area contributed by atoms with E-state index in [1.54, 1.807) is 33.5 Å². The standard InChI is InChI=1S/C24H25NO5S/c1-27-21-11-10-19(15-20(21)26)31-25-18-7-5-6-16(12-18)8-9-17-13-22(28-2)24(30-4)23(14-17)29-3/h5-15,25-26H,1-4H3/b9-8-. The topological polar surface area (TPSA) is 69.2 Å².